The predicted molar refractivity (Wildman–Crippen MR) is 70.9 cm³/mol. The van der Waals surface area contributed by atoms with Gasteiger partial charge in [-0.1, -0.05) is 20.8 Å². The molecule has 1 atom stereocenters. The Morgan fingerprint density at radius 1 is 1.47 bits per heavy atom. The Labute approximate surface area is 112 Å². The number of methoxy groups -OCH3 is 1. The van der Waals surface area contributed by atoms with Gasteiger partial charge in [-0.05, 0) is 12.1 Å². The van der Waals surface area contributed by atoms with E-state index >= 15 is 0 Å². The molecule has 0 N–H and O–H groups in total. The van der Waals surface area contributed by atoms with Crippen LogP contribution in [0.4, 0.5) is 4.39 Å². The Bertz CT molecular complexity index is 503. The van der Waals surface area contributed by atoms with Crippen LogP contribution in [-0.2, 0) is 6.42 Å². The van der Waals surface area contributed by atoms with Crippen LogP contribution in [0.2, 0.25) is 0 Å². The highest BCUT2D eigenvalue weighted by molar-refractivity contribution is 6.02. The summed E-state index contributed by atoms with van der Waals surface area (Å²) in [4.78, 5) is 12.4. The van der Waals surface area contributed by atoms with Gasteiger partial charge in [-0.25, -0.2) is 4.39 Å². The van der Waals surface area contributed by atoms with Crippen LogP contribution in [0.3, 0.4) is 0 Å². The average molecular weight is 266 g/mol. The number of rotatable bonds is 3. The molecule has 19 heavy (non-hydrogen) atoms. The number of ketones is 1. The van der Waals surface area contributed by atoms with E-state index in [4.69, 9.17) is 9.47 Å². The van der Waals surface area contributed by atoms with Gasteiger partial charge in [0, 0.05) is 23.0 Å². The van der Waals surface area contributed by atoms with Crippen molar-refractivity contribution in [2.24, 2.45) is 5.41 Å². The third kappa shape index (κ3) is 2.44. The maximum atomic E-state index is 12.8. The van der Waals surface area contributed by atoms with Crippen LogP contribution in [-0.4, -0.2) is 25.7 Å². The van der Waals surface area contributed by atoms with Crippen molar-refractivity contribution in [1.82, 2.24) is 0 Å². The quantitative estimate of drug-likeness (QED) is 0.788. The molecule has 4 heteroatoms. The van der Waals surface area contributed by atoms with Gasteiger partial charge < -0.3 is 9.47 Å². The van der Waals surface area contributed by atoms with Gasteiger partial charge in [-0.2, -0.15) is 0 Å². The second kappa shape index (κ2) is 4.83. The summed E-state index contributed by atoms with van der Waals surface area (Å²) in [6.45, 7) is 5.04. The number of hydrogen-bond donors (Lipinski definition) is 0. The van der Waals surface area contributed by atoms with Gasteiger partial charge in [0.05, 0.1) is 7.11 Å². The zero-order valence-corrected chi connectivity index (χ0v) is 11.7. The highest BCUT2D eigenvalue weighted by atomic mass is 19.1. The summed E-state index contributed by atoms with van der Waals surface area (Å²) in [6.07, 6.45) is -0.0991. The number of carbonyl (C=O) groups is 1. The second-order valence-electron chi connectivity index (χ2n) is 5.80. The zero-order valence-electron chi connectivity index (χ0n) is 11.7. The molecule has 1 heterocycles. The van der Waals surface area contributed by atoms with E-state index in [2.05, 4.69) is 0 Å². The highest BCUT2D eigenvalue weighted by Crippen LogP contribution is 2.41. The first-order chi connectivity index (χ1) is 8.88. The lowest BCUT2D eigenvalue weighted by Crippen LogP contribution is -2.21. The lowest BCUT2D eigenvalue weighted by molar-refractivity contribution is 0.0857. The Balaban J connectivity index is 2.50. The number of ether oxygens (including phenoxy) is 2. The van der Waals surface area contributed by atoms with Crippen molar-refractivity contribution < 1.29 is 18.7 Å². The molecule has 0 fully saturated rings. The normalized spacial score (nSPS) is 17.8. The first-order valence-corrected chi connectivity index (χ1v) is 6.35. The molecule has 3 nitrogen and oxygen atoms in total. The van der Waals surface area contributed by atoms with E-state index in [9.17, 15) is 9.18 Å². The number of alkyl halides is 1. The van der Waals surface area contributed by atoms with Crippen LogP contribution >= 0.6 is 0 Å². The van der Waals surface area contributed by atoms with Crippen molar-refractivity contribution in [1.29, 1.82) is 0 Å². The van der Waals surface area contributed by atoms with Crippen LogP contribution < -0.4 is 9.47 Å². The van der Waals surface area contributed by atoms with Gasteiger partial charge in [-0.3, -0.25) is 4.79 Å². The molecule has 0 saturated carbocycles. The summed E-state index contributed by atoms with van der Waals surface area (Å²) >= 11 is 0. The van der Waals surface area contributed by atoms with Crippen LogP contribution in [0.1, 0.15) is 36.7 Å². The summed E-state index contributed by atoms with van der Waals surface area (Å²) in [6, 6.07) is 3.45. The Hall–Kier alpha value is -1.58. The van der Waals surface area contributed by atoms with Crippen molar-refractivity contribution in [2.75, 3.05) is 13.8 Å². The van der Waals surface area contributed by atoms with Crippen molar-refractivity contribution >= 4 is 5.78 Å². The number of carbonyl (C=O) groups excluding carboxylic acids is 1. The lowest BCUT2D eigenvalue weighted by Gasteiger charge is -2.19. The summed E-state index contributed by atoms with van der Waals surface area (Å²) in [5.74, 6) is 1.10. The van der Waals surface area contributed by atoms with E-state index in [1.165, 1.54) is 7.11 Å². The molecule has 1 aliphatic rings. The molecule has 1 aromatic rings. The maximum absolute atomic E-state index is 12.8. The van der Waals surface area contributed by atoms with E-state index in [1.54, 1.807) is 12.1 Å². The predicted octanol–water partition coefficient (Wildman–Crippen LogP) is 3.20. The van der Waals surface area contributed by atoms with Crippen molar-refractivity contribution in [2.45, 2.75) is 33.3 Å². The zero-order chi connectivity index (χ0) is 14.2. The van der Waals surface area contributed by atoms with Crippen LogP contribution in [0.5, 0.6) is 11.5 Å². The second-order valence-corrected chi connectivity index (χ2v) is 5.80. The minimum absolute atomic E-state index is 0.0366. The molecule has 0 aliphatic carbocycles. The first kappa shape index (κ1) is 13.8. The van der Waals surface area contributed by atoms with Crippen molar-refractivity contribution in [3.05, 3.63) is 23.3 Å². The molecule has 0 saturated heterocycles. The first-order valence-electron chi connectivity index (χ1n) is 6.35. The molecular weight excluding hydrogens is 247 g/mol. The molecule has 0 spiro atoms. The maximum Gasteiger partial charge on any atom is 0.168 e. The van der Waals surface area contributed by atoms with E-state index in [-0.39, 0.29) is 5.78 Å². The topological polar surface area (TPSA) is 35.5 Å². The van der Waals surface area contributed by atoms with Gasteiger partial charge in [0.25, 0.3) is 0 Å². The molecule has 0 bridgehead atoms. The number of halogens is 1. The van der Waals surface area contributed by atoms with Crippen molar-refractivity contribution in [3.63, 3.8) is 0 Å². The number of hydrogen-bond acceptors (Lipinski definition) is 3. The largest absolute Gasteiger partial charge is 0.493 e. The lowest BCUT2D eigenvalue weighted by atomic mass is 9.84. The fourth-order valence-electron chi connectivity index (χ4n) is 2.24. The Morgan fingerprint density at radius 2 is 2.16 bits per heavy atom. The average Bonchev–Trinajstić information content (AvgIpc) is 2.79. The number of Topliss-reactive ketones (excluding diaryl/α,β-unsaturated/α-hetero) is 1. The van der Waals surface area contributed by atoms with Gasteiger partial charge >= 0.3 is 0 Å². The fourth-order valence-corrected chi connectivity index (χ4v) is 2.24. The number of fused-ring (bicyclic) bond motifs is 1. The van der Waals surface area contributed by atoms with E-state index in [0.29, 0.717) is 23.5 Å². The monoisotopic (exact) mass is 266 g/mol. The summed E-state index contributed by atoms with van der Waals surface area (Å²) < 4.78 is 23.6. The molecule has 1 aliphatic heterocycles. The Morgan fingerprint density at radius 3 is 2.68 bits per heavy atom. The smallest absolute Gasteiger partial charge is 0.168 e. The van der Waals surface area contributed by atoms with Gasteiger partial charge in [0.1, 0.15) is 12.8 Å². The van der Waals surface area contributed by atoms with Gasteiger partial charge in [0.2, 0.25) is 0 Å². The molecule has 1 unspecified atom stereocenters. The Kier molecular flexibility index (Phi) is 3.52. The van der Waals surface area contributed by atoms with E-state index < -0.39 is 18.2 Å². The standard InChI is InChI=1S/C15H19FO3/c1-15(2,3)14(17)10-5-6-12(18-4)13-11(10)7-9(8-16)19-13/h5-6,9H,7-8H2,1-4H3. The van der Waals surface area contributed by atoms with Crippen molar-refractivity contribution in [3.8, 4) is 11.5 Å². The molecule has 104 valence electrons. The number of benzene rings is 1. The van der Waals surface area contributed by atoms with Gasteiger partial charge in [-0.15, -0.1) is 0 Å². The van der Waals surface area contributed by atoms with Gasteiger partial charge in [0.15, 0.2) is 17.3 Å². The van der Waals surface area contributed by atoms with Crippen LogP contribution in [0.15, 0.2) is 12.1 Å². The fraction of sp³-hybridized carbons (Fsp3) is 0.533. The third-order valence-corrected chi connectivity index (χ3v) is 3.26. The molecule has 0 amide bonds. The minimum Gasteiger partial charge on any atom is -0.493 e. The van der Waals surface area contributed by atoms with Crippen LogP contribution in [0.25, 0.3) is 0 Å². The van der Waals surface area contributed by atoms with E-state index in [1.807, 2.05) is 20.8 Å². The minimum atomic E-state index is -0.568. The molecular formula is C15H19FO3. The van der Waals surface area contributed by atoms with Crippen LogP contribution in [0, 0.1) is 5.41 Å². The molecule has 1 aromatic carbocycles. The highest BCUT2D eigenvalue weighted by Gasteiger charge is 2.33. The van der Waals surface area contributed by atoms with E-state index in [0.717, 1.165) is 5.56 Å². The SMILES string of the molecule is COc1ccc(C(=O)C(C)(C)C)c2c1OC(CF)C2. The third-order valence-electron chi connectivity index (χ3n) is 3.26. The molecule has 0 aromatic heterocycles. The molecule has 0 radical (unpaired) electrons. The molecule has 2 rings (SSSR count). The summed E-state index contributed by atoms with van der Waals surface area (Å²) in [7, 11) is 1.53. The summed E-state index contributed by atoms with van der Waals surface area (Å²) in [5, 5.41) is 0. The summed E-state index contributed by atoms with van der Waals surface area (Å²) in [5.41, 5.74) is 0.900.